The number of carbonyl (C=O) groups is 2. The molecule has 2 heterocycles. The molecule has 5 heteroatoms. The smallest absolute Gasteiger partial charge is 0.337 e. The van der Waals surface area contributed by atoms with Gasteiger partial charge in [0.05, 0.1) is 5.57 Å². The Balaban J connectivity index is 2.40. The maximum Gasteiger partial charge on any atom is 0.337 e. The highest BCUT2D eigenvalue weighted by molar-refractivity contribution is 6.12. The maximum absolute atomic E-state index is 11.2. The quantitative estimate of drug-likeness (QED) is 0.631. The molecule has 1 atom stereocenters. The predicted octanol–water partition coefficient (Wildman–Crippen LogP) is -0.0122. The molecule has 14 heavy (non-hydrogen) atoms. The predicted molar refractivity (Wildman–Crippen MR) is 49.6 cm³/mol. The number of carboxylic acid groups (broad SMARTS) is 1. The number of rotatable bonds is 1. The number of fused-ring (bicyclic) bond motifs is 1. The lowest BCUT2D eigenvalue weighted by Gasteiger charge is -2.16. The van der Waals surface area contributed by atoms with Gasteiger partial charge >= 0.3 is 5.97 Å². The Kier molecular flexibility index (Phi) is 1.85. The van der Waals surface area contributed by atoms with Crippen molar-refractivity contribution in [2.24, 2.45) is 9.98 Å². The average molecular weight is 190 g/mol. The maximum atomic E-state index is 11.2. The Morgan fingerprint density at radius 1 is 1.50 bits per heavy atom. The monoisotopic (exact) mass is 190 g/mol. The van der Waals surface area contributed by atoms with Crippen LogP contribution in [0.3, 0.4) is 0 Å². The van der Waals surface area contributed by atoms with Crippen molar-refractivity contribution in [3.05, 3.63) is 23.3 Å². The van der Waals surface area contributed by atoms with Gasteiger partial charge in [-0.1, -0.05) is 0 Å². The van der Waals surface area contributed by atoms with Crippen molar-refractivity contribution in [2.45, 2.75) is 6.04 Å². The Morgan fingerprint density at radius 2 is 2.29 bits per heavy atom. The van der Waals surface area contributed by atoms with Crippen molar-refractivity contribution < 1.29 is 14.7 Å². The van der Waals surface area contributed by atoms with Crippen LogP contribution in [-0.4, -0.2) is 35.5 Å². The third-order valence-corrected chi connectivity index (χ3v) is 1.95. The highest BCUT2D eigenvalue weighted by Crippen LogP contribution is 2.18. The molecule has 0 aromatic rings. The molecule has 0 aromatic carbocycles. The van der Waals surface area contributed by atoms with Crippen molar-refractivity contribution in [1.82, 2.24) is 0 Å². The average Bonchev–Trinajstić information content (AvgIpc) is 2.17. The van der Waals surface area contributed by atoms with E-state index in [9.17, 15) is 9.59 Å². The molecule has 0 saturated carbocycles. The first-order chi connectivity index (χ1) is 6.68. The zero-order valence-electron chi connectivity index (χ0n) is 7.04. The summed E-state index contributed by atoms with van der Waals surface area (Å²) in [5.74, 6) is -1.41. The fourth-order valence-corrected chi connectivity index (χ4v) is 1.27. The van der Waals surface area contributed by atoms with Crippen molar-refractivity contribution in [3.63, 3.8) is 0 Å². The van der Waals surface area contributed by atoms with E-state index in [0.29, 0.717) is 5.57 Å². The molecule has 0 spiro atoms. The molecule has 1 unspecified atom stereocenters. The summed E-state index contributed by atoms with van der Waals surface area (Å²) >= 11 is 0. The summed E-state index contributed by atoms with van der Waals surface area (Å²) in [6.07, 6.45) is 5.56. The van der Waals surface area contributed by atoms with Crippen LogP contribution in [0.15, 0.2) is 33.3 Å². The van der Waals surface area contributed by atoms with Gasteiger partial charge in [0.1, 0.15) is 0 Å². The fraction of sp³-hybridized carbons (Fsp3) is 0.111. The second-order valence-electron chi connectivity index (χ2n) is 2.87. The molecule has 0 bridgehead atoms. The van der Waals surface area contributed by atoms with Crippen LogP contribution in [0.1, 0.15) is 0 Å². The number of allylic oxidation sites excluding steroid dienone is 1. The van der Waals surface area contributed by atoms with Gasteiger partial charge in [-0.2, -0.15) is 0 Å². The van der Waals surface area contributed by atoms with E-state index in [-0.39, 0.29) is 11.5 Å². The van der Waals surface area contributed by atoms with Gasteiger partial charge in [-0.05, 0) is 17.7 Å². The van der Waals surface area contributed by atoms with Gasteiger partial charge in [0.15, 0.2) is 6.04 Å². The van der Waals surface area contributed by atoms with Crippen molar-refractivity contribution in [3.8, 4) is 0 Å². The van der Waals surface area contributed by atoms with Gasteiger partial charge in [0, 0.05) is 12.4 Å². The summed E-state index contributed by atoms with van der Waals surface area (Å²) in [5, 5.41) is 8.69. The molecule has 0 saturated heterocycles. The summed E-state index contributed by atoms with van der Waals surface area (Å²) in [6.45, 7) is 0. The topological polar surface area (TPSA) is 79.1 Å². The standard InChI is InChI=1S/C9H6N2O3/c12-8-7-5(1-2-10-8)3-6(4-11-7)9(13)14/h1-4,7H,(H,13,14). The van der Waals surface area contributed by atoms with E-state index in [1.54, 1.807) is 6.08 Å². The minimum Gasteiger partial charge on any atom is -0.478 e. The lowest BCUT2D eigenvalue weighted by atomic mass is 9.99. The molecule has 1 N–H and O–H groups in total. The van der Waals surface area contributed by atoms with E-state index in [4.69, 9.17) is 5.11 Å². The van der Waals surface area contributed by atoms with Gasteiger partial charge in [-0.25, -0.2) is 9.79 Å². The number of hydrogen-bond acceptors (Lipinski definition) is 3. The van der Waals surface area contributed by atoms with Crippen LogP contribution in [0, 0.1) is 0 Å². The zero-order chi connectivity index (χ0) is 10.1. The molecule has 0 aromatic heterocycles. The number of hydrogen-bond donors (Lipinski definition) is 1. The number of carboxylic acids is 1. The number of dihydropyridines is 2. The Hall–Kier alpha value is -2.04. The third-order valence-electron chi connectivity index (χ3n) is 1.95. The number of nitrogens with zero attached hydrogens (tertiary/aromatic N) is 2. The third kappa shape index (κ3) is 1.28. The lowest BCUT2D eigenvalue weighted by molar-refractivity contribution is -0.132. The Labute approximate surface area is 79.2 Å². The molecule has 5 nitrogen and oxygen atoms in total. The van der Waals surface area contributed by atoms with Crippen LogP contribution >= 0.6 is 0 Å². The van der Waals surface area contributed by atoms with Crippen LogP contribution in [0.2, 0.25) is 0 Å². The van der Waals surface area contributed by atoms with Gasteiger partial charge in [0.25, 0.3) is 5.91 Å². The van der Waals surface area contributed by atoms with E-state index in [2.05, 4.69) is 9.98 Å². The molecule has 1 amide bonds. The SMILES string of the molecule is O=C(O)C1=CC2=CC=NC(=O)C2N=C1. The summed E-state index contributed by atoms with van der Waals surface area (Å²) in [5.41, 5.74) is 0.653. The number of aliphatic carboxylic acids is 1. The van der Waals surface area contributed by atoms with Gasteiger partial charge in [0.2, 0.25) is 0 Å². The molecular formula is C9H6N2O3. The van der Waals surface area contributed by atoms with Crippen LogP contribution in [0.4, 0.5) is 0 Å². The van der Waals surface area contributed by atoms with Crippen molar-refractivity contribution in [2.75, 3.05) is 0 Å². The Morgan fingerprint density at radius 3 is 3.00 bits per heavy atom. The molecule has 70 valence electrons. The van der Waals surface area contributed by atoms with E-state index in [0.717, 1.165) is 0 Å². The number of aliphatic imine (C=N–C) groups is 2. The first kappa shape index (κ1) is 8.55. The van der Waals surface area contributed by atoms with Crippen LogP contribution < -0.4 is 0 Å². The number of amides is 1. The molecule has 0 fully saturated rings. The highest BCUT2D eigenvalue weighted by Gasteiger charge is 2.25. The first-order valence-corrected chi connectivity index (χ1v) is 3.95. The summed E-state index contributed by atoms with van der Waals surface area (Å²) < 4.78 is 0. The van der Waals surface area contributed by atoms with Gasteiger partial charge in [-0.15, -0.1) is 0 Å². The van der Waals surface area contributed by atoms with E-state index in [1.165, 1.54) is 18.5 Å². The van der Waals surface area contributed by atoms with E-state index in [1.807, 2.05) is 0 Å². The van der Waals surface area contributed by atoms with Crippen molar-refractivity contribution in [1.29, 1.82) is 0 Å². The van der Waals surface area contributed by atoms with Gasteiger partial charge in [-0.3, -0.25) is 9.79 Å². The highest BCUT2D eigenvalue weighted by atomic mass is 16.4. The molecule has 0 aliphatic carbocycles. The fourth-order valence-electron chi connectivity index (χ4n) is 1.27. The van der Waals surface area contributed by atoms with Crippen LogP contribution in [0.25, 0.3) is 0 Å². The summed E-state index contributed by atoms with van der Waals surface area (Å²) in [7, 11) is 0. The first-order valence-electron chi connectivity index (χ1n) is 3.95. The number of carbonyl (C=O) groups excluding carboxylic acids is 1. The zero-order valence-corrected chi connectivity index (χ0v) is 7.04. The normalized spacial score (nSPS) is 24.0. The van der Waals surface area contributed by atoms with E-state index >= 15 is 0 Å². The Bertz CT molecular complexity index is 429. The summed E-state index contributed by atoms with van der Waals surface area (Å²) in [6, 6.07) is -0.650. The molecule has 2 rings (SSSR count). The molecular weight excluding hydrogens is 184 g/mol. The minimum absolute atomic E-state index is 0.0793. The van der Waals surface area contributed by atoms with E-state index < -0.39 is 12.0 Å². The lowest BCUT2D eigenvalue weighted by Crippen LogP contribution is -2.25. The molecule has 0 radical (unpaired) electrons. The summed E-state index contributed by atoms with van der Waals surface area (Å²) in [4.78, 5) is 29.2. The van der Waals surface area contributed by atoms with Gasteiger partial charge < -0.3 is 5.11 Å². The van der Waals surface area contributed by atoms with Crippen molar-refractivity contribution >= 4 is 24.3 Å². The molecule has 2 aliphatic heterocycles. The molecule has 2 aliphatic rings. The second-order valence-corrected chi connectivity index (χ2v) is 2.87. The minimum atomic E-state index is -1.05. The van der Waals surface area contributed by atoms with Crippen LogP contribution in [-0.2, 0) is 9.59 Å². The van der Waals surface area contributed by atoms with Crippen LogP contribution in [0.5, 0.6) is 0 Å². The largest absolute Gasteiger partial charge is 0.478 e. The second kappa shape index (κ2) is 3.02.